The summed E-state index contributed by atoms with van der Waals surface area (Å²) in [6, 6.07) is 0. The van der Waals surface area contributed by atoms with Gasteiger partial charge in [0, 0.05) is 22.7 Å². The first-order chi connectivity index (χ1) is 6.68. The summed E-state index contributed by atoms with van der Waals surface area (Å²) in [4.78, 5) is 28.8. The van der Waals surface area contributed by atoms with E-state index in [0.29, 0.717) is 12.1 Å². The first kappa shape index (κ1) is 9.08. The number of nitrogens with zero attached hydrogens (tertiary/aromatic N) is 2. The summed E-state index contributed by atoms with van der Waals surface area (Å²) >= 11 is 1.43. The zero-order chi connectivity index (χ0) is 10.1. The van der Waals surface area contributed by atoms with Crippen LogP contribution < -0.4 is 0 Å². The van der Waals surface area contributed by atoms with E-state index in [1.54, 1.807) is 18.6 Å². The standard InChI is InChI=1S/C9H8N2O2S/c1-6-2-8(12)11(9(6)13)4-7-3-10-5-14-7/h2-3,5H,4H2,1H3. The largest absolute Gasteiger partial charge is 0.270 e. The van der Waals surface area contributed by atoms with Crippen LogP contribution in [0.2, 0.25) is 0 Å². The first-order valence-electron chi connectivity index (χ1n) is 4.10. The Kier molecular flexibility index (Phi) is 2.17. The Labute approximate surface area is 84.9 Å². The number of hydrogen-bond acceptors (Lipinski definition) is 4. The number of hydrogen-bond donors (Lipinski definition) is 0. The van der Waals surface area contributed by atoms with E-state index in [9.17, 15) is 9.59 Å². The number of amides is 2. The second-order valence-electron chi connectivity index (χ2n) is 3.02. The Balaban J connectivity index is 2.15. The summed E-state index contributed by atoms with van der Waals surface area (Å²) in [5.41, 5.74) is 2.18. The number of carbonyl (C=O) groups is 2. The number of carbonyl (C=O) groups excluding carboxylic acids is 2. The van der Waals surface area contributed by atoms with E-state index in [1.165, 1.54) is 22.3 Å². The van der Waals surface area contributed by atoms with Crippen molar-refractivity contribution in [3.8, 4) is 0 Å². The van der Waals surface area contributed by atoms with E-state index < -0.39 is 0 Å². The lowest BCUT2D eigenvalue weighted by Gasteiger charge is -2.12. The Morgan fingerprint density at radius 1 is 1.50 bits per heavy atom. The average molecular weight is 208 g/mol. The summed E-state index contributed by atoms with van der Waals surface area (Å²) in [7, 11) is 0. The molecule has 0 atom stereocenters. The van der Waals surface area contributed by atoms with Crippen molar-refractivity contribution in [1.82, 2.24) is 9.88 Å². The van der Waals surface area contributed by atoms with Crippen LogP contribution in [0, 0.1) is 0 Å². The minimum absolute atomic E-state index is 0.205. The highest BCUT2D eigenvalue weighted by atomic mass is 32.1. The molecule has 0 fully saturated rings. The monoisotopic (exact) mass is 208 g/mol. The van der Waals surface area contributed by atoms with Crippen molar-refractivity contribution in [2.45, 2.75) is 13.5 Å². The zero-order valence-corrected chi connectivity index (χ0v) is 8.37. The molecule has 4 nitrogen and oxygen atoms in total. The molecule has 1 aromatic heterocycles. The fourth-order valence-electron chi connectivity index (χ4n) is 1.26. The van der Waals surface area contributed by atoms with Gasteiger partial charge in [0.25, 0.3) is 11.8 Å². The third-order valence-corrected chi connectivity index (χ3v) is 2.75. The molecule has 0 N–H and O–H groups in total. The first-order valence-corrected chi connectivity index (χ1v) is 4.98. The number of rotatable bonds is 2. The van der Waals surface area contributed by atoms with Gasteiger partial charge in [-0.1, -0.05) is 0 Å². The third kappa shape index (κ3) is 1.46. The SMILES string of the molecule is CC1=CC(=O)N(Cc2cncs2)C1=O. The van der Waals surface area contributed by atoms with Crippen molar-refractivity contribution < 1.29 is 9.59 Å². The molecule has 14 heavy (non-hydrogen) atoms. The third-order valence-electron chi connectivity index (χ3n) is 1.99. The maximum Gasteiger partial charge on any atom is 0.256 e. The maximum atomic E-state index is 11.5. The van der Waals surface area contributed by atoms with E-state index in [2.05, 4.69) is 4.98 Å². The summed E-state index contributed by atoms with van der Waals surface area (Å²) < 4.78 is 0. The van der Waals surface area contributed by atoms with Gasteiger partial charge in [0.1, 0.15) is 0 Å². The molecule has 0 saturated heterocycles. The number of imide groups is 1. The minimum Gasteiger partial charge on any atom is -0.270 e. The molecule has 1 aliphatic heterocycles. The smallest absolute Gasteiger partial charge is 0.256 e. The van der Waals surface area contributed by atoms with Crippen molar-refractivity contribution in [2.75, 3.05) is 0 Å². The number of aromatic nitrogens is 1. The molecule has 1 aromatic rings. The lowest BCUT2D eigenvalue weighted by atomic mass is 10.3. The molecule has 0 bridgehead atoms. The summed E-state index contributed by atoms with van der Waals surface area (Å²) in [6.07, 6.45) is 3.03. The fourth-order valence-corrected chi connectivity index (χ4v) is 1.85. The molecule has 2 heterocycles. The van der Waals surface area contributed by atoms with Crippen LogP contribution in [0.3, 0.4) is 0 Å². The quantitative estimate of drug-likeness (QED) is 0.680. The Hall–Kier alpha value is -1.49. The minimum atomic E-state index is -0.235. The Bertz CT molecular complexity index is 408. The van der Waals surface area contributed by atoms with Crippen molar-refractivity contribution in [1.29, 1.82) is 0 Å². The number of thiazole rings is 1. The molecule has 1 aliphatic rings. The summed E-state index contributed by atoms with van der Waals surface area (Å²) in [6.45, 7) is 1.98. The van der Waals surface area contributed by atoms with Crippen LogP contribution in [-0.2, 0) is 16.1 Å². The topological polar surface area (TPSA) is 50.3 Å². The predicted octanol–water partition coefficient (Wildman–Crippen LogP) is 0.958. The van der Waals surface area contributed by atoms with Gasteiger partial charge in [-0.3, -0.25) is 19.5 Å². The maximum absolute atomic E-state index is 11.5. The molecule has 0 saturated carbocycles. The van der Waals surface area contributed by atoms with Crippen LogP contribution in [0.25, 0.3) is 0 Å². The van der Waals surface area contributed by atoms with Crippen molar-refractivity contribution in [3.05, 3.63) is 28.2 Å². The van der Waals surface area contributed by atoms with Gasteiger partial charge in [-0.05, 0) is 6.92 Å². The van der Waals surface area contributed by atoms with Gasteiger partial charge < -0.3 is 0 Å². The summed E-state index contributed by atoms with van der Waals surface area (Å²) in [5, 5.41) is 0. The molecule has 5 heteroatoms. The van der Waals surface area contributed by atoms with Crippen LogP contribution in [0.4, 0.5) is 0 Å². The van der Waals surface area contributed by atoms with Gasteiger partial charge in [-0.15, -0.1) is 11.3 Å². The van der Waals surface area contributed by atoms with Crippen LogP contribution in [0.1, 0.15) is 11.8 Å². The van der Waals surface area contributed by atoms with Crippen LogP contribution in [0.15, 0.2) is 23.4 Å². The zero-order valence-electron chi connectivity index (χ0n) is 7.56. The highest BCUT2D eigenvalue weighted by molar-refractivity contribution is 7.09. The van der Waals surface area contributed by atoms with E-state index in [4.69, 9.17) is 0 Å². The van der Waals surface area contributed by atoms with Gasteiger partial charge in [0.2, 0.25) is 0 Å². The van der Waals surface area contributed by atoms with Gasteiger partial charge in [-0.25, -0.2) is 0 Å². The molecule has 0 spiro atoms. The molecule has 0 aliphatic carbocycles. The molecule has 72 valence electrons. The van der Waals surface area contributed by atoms with Gasteiger partial charge in [0.15, 0.2) is 0 Å². The van der Waals surface area contributed by atoms with Gasteiger partial charge in [0.05, 0.1) is 12.1 Å². The van der Waals surface area contributed by atoms with E-state index in [0.717, 1.165) is 4.88 Å². The molecule has 0 radical (unpaired) electrons. The highest BCUT2D eigenvalue weighted by Gasteiger charge is 2.28. The highest BCUT2D eigenvalue weighted by Crippen LogP contribution is 2.17. The average Bonchev–Trinajstić information content (AvgIpc) is 2.71. The van der Waals surface area contributed by atoms with Crippen molar-refractivity contribution in [3.63, 3.8) is 0 Å². The molecular weight excluding hydrogens is 200 g/mol. The fraction of sp³-hybridized carbons (Fsp3) is 0.222. The molecule has 2 rings (SSSR count). The Morgan fingerprint density at radius 3 is 2.79 bits per heavy atom. The second kappa shape index (κ2) is 3.34. The molecular formula is C9H8N2O2S. The lowest BCUT2D eigenvalue weighted by Crippen LogP contribution is -2.29. The van der Waals surface area contributed by atoms with Crippen LogP contribution in [-0.4, -0.2) is 21.7 Å². The van der Waals surface area contributed by atoms with Crippen molar-refractivity contribution in [2.24, 2.45) is 0 Å². The Morgan fingerprint density at radius 2 is 2.29 bits per heavy atom. The van der Waals surface area contributed by atoms with Gasteiger partial charge in [-0.2, -0.15) is 0 Å². The molecule has 2 amide bonds. The van der Waals surface area contributed by atoms with E-state index in [-0.39, 0.29) is 11.8 Å². The van der Waals surface area contributed by atoms with E-state index in [1.807, 2.05) is 0 Å². The molecule has 0 aromatic carbocycles. The molecule has 0 unspecified atom stereocenters. The normalized spacial score (nSPS) is 16.4. The van der Waals surface area contributed by atoms with Crippen LogP contribution in [0.5, 0.6) is 0 Å². The van der Waals surface area contributed by atoms with Gasteiger partial charge >= 0.3 is 0 Å². The summed E-state index contributed by atoms with van der Waals surface area (Å²) in [5.74, 6) is -0.440. The van der Waals surface area contributed by atoms with Crippen molar-refractivity contribution >= 4 is 23.2 Å². The lowest BCUT2D eigenvalue weighted by molar-refractivity contribution is -0.137. The predicted molar refractivity (Wildman–Crippen MR) is 51.4 cm³/mol. The van der Waals surface area contributed by atoms with E-state index >= 15 is 0 Å². The second-order valence-corrected chi connectivity index (χ2v) is 4.00. The van der Waals surface area contributed by atoms with Crippen LogP contribution >= 0.6 is 11.3 Å².